The number of hydrogen-bond donors (Lipinski definition) is 1. The maximum Gasteiger partial charge on any atom is 0.272 e. The van der Waals surface area contributed by atoms with Crippen LogP contribution in [0.1, 0.15) is 37.2 Å². The molecule has 1 amide bonds. The van der Waals surface area contributed by atoms with E-state index >= 15 is 0 Å². The number of hydrogen-bond acceptors (Lipinski definition) is 2. The third kappa shape index (κ3) is 3.07. The van der Waals surface area contributed by atoms with Crippen LogP contribution in [0, 0.1) is 0 Å². The van der Waals surface area contributed by atoms with Crippen molar-refractivity contribution < 1.29 is 4.79 Å². The molecule has 16 heavy (non-hydrogen) atoms. The molecule has 0 saturated heterocycles. The smallest absolute Gasteiger partial charge is 0.272 e. The van der Waals surface area contributed by atoms with Gasteiger partial charge in [0.05, 0.1) is 0 Å². The van der Waals surface area contributed by atoms with Crippen LogP contribution in [0.2, 0.25) is 0 Å². The quantitative estimate of drug-likeness (QED) is 0.817. The molecule has 0 spiro atoms. The molecule has 1 aromatic rings. The number of H-pyrrole nitrogens is 1. The first kappa shape index (κ1) is 13.2. The van der Waals surface area contributed by atoms with Crippen LogP contribution in [-0.2, 0) is 0 Å². The summed E-state index contributed by atoms with van der Waals surface area (Å²) in [4.78, 5) is 14.1. The van der Waals surface area contributed by atoms with E-state index in [9.17, 15) is 4.79 Å². The minimum absolute atomic E-state index is 0.0330. The van der Waals surface area contributed by atoms with Gasteiger partial charge in [0.25, 0.3) is 5.91 Å². The van der Waals surface area contributed by atoms with Gasteiger partial charge in [-0.15, -0.1) is 0 Å². The van der Waals surface area contributed by atoms with Gasteiger partial charge in [0.1, 0.15) is 5.69 Å². The summed E-state index contributed by atoms with van der Waals surface area (Å²) in [6, 6.07) is 2.01. The second kappa shape index (κ2) is 6.68. The highest BCUT2D eigenvalue weighted by molar-refractivity contribution is 9.09. The van der Waals surface area contributed by atoms with Gasteiger partial charge in [-0.2, -0.15) is 5.10 Å². The maximum atomic E-state index is 12.2. The molecule has 0 unspecified atom stereocenters. The second-order valence-corrected chi connectivity index (χ2v) is 4.42. The molecule has 90 valence electrons. The molecule has 0 atom stereocenters. The number of nitrogens with one attached hydrogen (secondary N) is 1. The van der Waals surface area contributed by atoms with Crippen LogP contribution in [0.4, 0.5) is 0 Å². The molecular weight excluding hydrogens is 270 g/mol. The van der Waals surface area contributed by atoms with Gasteiger partial charge in [-0.1, -0.05) is 29.8 Å². The Morgan fingerprint density at radius 3 is 2.69 bits per heavy atom. The minimum Gasteiger partial charge on any atom is -0.334 e. The van der Waals surface area contributed by atoms with Crippen molar-refractivity contribution in [1.82, 2.24) is 15.1 Å². The van der Waals surface area contributed by atoms with Crippen molar-refractivity contribution in [3.63, 3.8) is 0 Å². The van der Waals surface area contributed by atoms with E-state index in [1.165, 1.54) is 0 Å². The Morgan fingerprint density at radius 2 is 2.25 bits per heavy atom. The second-order valence-electron chi connectivity index (χ2n) is 3.63. The summed E-state index contributed by atoms with van der Waals surface area (Å²) in [5, 5.41) is 7.33. The van der Waals surface area contributed by atoms with Crippen molar-refractivity contribution in [3.05, 3.63) is 18.0 Å². The third-order valence-electron chi connectivity index (χ3n) is 2.70. The third-order valence-corrected chi connectivity index (χ3v) is 3.06. The van der Waals surface area contributed by atoms with Gasteiger partial charge < -0.3 is 4.90 Å². The van der Waals surface area contributed by atoms with Gasteiger partial charge in [-0.25, -0.2) is 0 Å². The first-order chi connectivity index (χ1) is 7.74. The zero-order chi connectivity index (χ0) is 12.0. The van der Waals surface area contributed by atoms with Crippen molar-refractivity contribution in [3.8, 4) is 0 Å². The summed E-state index contributed by atoms with van der Waals surface area (Å²) >= 11 is 3.39. The molecule has 0 aromatic carbocycles. The molecular formula is C11H18BrN3O. The van der Waals surface area contributed by atoms with Crippen molar-refractivity contribution >= 4 is 21.8 Å². The zero-order valence-electron chi connectivity index (χ0n) is 9.74. The van der Waals surface area contributed by atoms with E-state index in [0.717, 1.165) is 24.7 Å². The highest BCUT2D eigenvalue weighted by Crippen LogP contribution is 2.12. The van der Waals surface area contributed by atoms with E-state index in [4.69, 9.17) is 0 Å². The molecule has 0 bridgehead atoms. The lowest BCUT2D eigenvalue weighted by Crippen LogP contribution is -2.41. The van der Waals surface area contributed by atoms with Crippen LogP contribution >= 0.6 is 15.9 Å². The van der Waals surface area contributed by atoms with E-state index in [2.05, 4.69) is 40.0 Å². The summed E-state index contributed by atoms with van der Waals surface area (Å²) in [5.74, 6) is 0.0330. The maximum absolute atomic E-state index is 12.2. The summed E-state index contributed by atoms with van der Waals surface area (Å²) in [5.41, 5.74) is 0.563. The molecule has 1 N–H and O–H groups in total. The first-order valence-corrected chi connectivity index (χ1v) is 6.73. The van der Waals surface area contributed by atoms with Gasteiger partial charge in [0.2, 0.25) is 0 Å². The normalized spacial score (nSPS) is 10.8. The molecule has 0 fully saturated rings. The van der Waals surface area contributed by atoms with Crippen LogP contribution in [-0.4, -0.2) is 38.9 Å². The number of nitrogens with zero attached hydrogens (tertiary/aromatic N) is 2. The van der Waals surface area contributed by atoms with Gasteiger partial charge >= 0.3 is 0 Å². The summed E-state index contributed by atoms with van der Waals surface area (Å²) in [7, 11) is 0. The van der Waals surface area contributed by atoms with Gasteiger partial charge in [0.15, 0.2) is 0 Å². The lowest BCUT2D eigenvalue weighted by molar-refractivity contribution is 0.0677. The van der Waals surface area contributed by atoms with E-state index in [-0.39, 0.29) is 5.91 Å². The number of carbonyl (C=O) groups is 1. The number of aromatic nitrogens is 2. The van der Waals surface area contributed by atoms with E-state index in [0.29, 0.717) is 11.7 Å². The number of carbonyl (C=O) groups excluding carboxylic acids is 1. The number of halogens is 1. The molecule has 0 saturated carbocycles. The Bertz CT molecular complexity index is 309. The lowest BCUT2D eigenvalue weighted by Gasteiger charge is -2.29. The standard InChI is InChI=1S/C11H18BrN3O/c1-3-9(4-2)15(8-6-12)11(16)10-5-7-13-14-10/h5,7,9H,3-4,6,8H2,1-2H3,(H,13,14). The average Bonchev–Trinajstić information content (AvgIpc) is 2.82. The van der Waals surface area contributed by atoms with Crippen LogP contribution in [0.5, 0.6) is 0 Å². The van der Waals surface area contributed by atoms with Crippen LogP contribution in [0.15, 0.2) is 12.3 Å². The molecule has 5 heteroatoms. The monoisotopic (exact) mass is 287 g/mol. The van der Waals surface area contributed by atoms with Crippen molar-refractivity contribution in [2.75, 3.05) is 11.9 Å². The number of rotatable bonds is 6. The highest BCUT2D eigenvalue weighted by atomic mass is 79.9. The molecule has 0 aliphatic heterocycles. The molecule has 0 radical (unpaired) electrons. The molecule has 1 heterocycles. The predicted octanol–water partition coefficient (Wildman–Crippen LogP) is 2.44. The lowest BCUT2D eigenvalue weighted by atomic mass is 10.1. The number of aromatic amines is 1. The van der Waals surface area contributed by atoms with Crippen molar-refractivity contribution in [2.45, 2.75) is 32.7 Å². The minimum atomic E-state index is 0.0330. The van der Waals surface area contributed by atoms with E-state index in [1.807, 2.05) is 4.90 Å². The highest BCUT2D eigenvalue weighted by Gasteiger charge is 2.22. The SMILES string of the molecule is CCC(CC)N(CCBr)C(=O)c1ccn[nH]1. The van der Waals surface area contributed by atoms with Gasteiger partial charge in [0, 0.05) is 24.1 Å². The molecule has 1 rings (SSSR count). The first-order valence-electron chi connectivity index (χ1n) is 5.60. The van der Waals surface area contributed by atoms with Crippen LogP contribution in [0.3, 0.4) is 0 Å². The Labute approximate surface area is 105 Å². The Morgan fingerprint density at radius 1 is 1.56 bits per heavy atom. The number of alkyl halides is 1. The summed E-state index contributed by atoms with van der Waals surface area (Å²) in [6.45, 7) is 4.94. The van der Waals surface area contributed by atoms with Gasteiger partial charge in [-0.3, -0.25) is 9.89 Å². The summed E-state index contributed by atoms with van der Waals surface area (Å²) < 4.78 is 0. The zero-order valence-corrected chi connectivity index (χ0v) is 11.3. The Kier molecular flexibility index (Phi) is 5.52. The fraction of sp³-hybridized carbons (Fsp3) is 0.636. The van der Waals surface area contributed by atoms with Crippen LogP contribution in [0.25, 0.3) is 0 Å². The van der Waals surface area contributed by atoms with E-state index in [1.54, 1.807) is 12.3 Å². The molecule has 4 nitrogen and oxygen atoms in total. The average molecular weight is 288 g/mol. The van der Waals surface area contributed by atoms with E-state index < -0.39 is 0 Å². The molecule has 0 aliphatic carbocycles. The number of amides is 1. The summed E-state index contributed by atoms with van der Waals surface area (Å²) in [6.07, 6.45) is 3.55. The molecule has 1 aromatic heterocycles. The van der Waals surface area contributed by atoms with Crippen LogP contribution < -0.4 is 0 Å². The largest absolute Gasteiger partial charge is 0.334 e. The Balaban J connectivity index is 2.80. The fourth-order valence-electron chi connectivity index (χ4n) is 1.80. The fourth-order valence-corrected chi connectivity index (χ4v) is 2.18. The Hall–Kier alpha value is -0.840. The van der Waals surface area contributed by atoms with Gasteiger partial charge in [-0.05, 0) is 18.9 Å². The topological polar surface area (TPSA) is 49.0 Å². The predicted molar refractivity (Wildman–Crippen MR) is 67.8 cm³/mol. The molecule has 0 aliphatic rings. The van der Waals surface area contributed by atoms with Crippen molar-refractivity contribution in [1.29, 1.82) is 0 Å². The van der Waals surface area contributed by atoms with Crippen molar-refractivity contribution in [2.24, 2.45) is 0 Å².